The van der Waals surface area contributed by atoms with Gasteiger partial charge in [-0.2, -0.15) is 0 Å². The number of piperazine rings is 1. The van der Waals surface area contributed by atoms with Gasteiger partial charge in [0.1, 0.15) is 26.2 Å². The first-order chi connectivity index (χ1) is 14.1. The van der Waals surface area contributed by atoms with Crippen molar-refractivity contribution in [2.75, 3.05) is 39.3 Å². The van der Waals surface area contributed by atoms with Crippen LogP contribution in [-0.2, 0) is 4.79 Å². The van der Waals surface area contributed by atoms with Crippen LogP contribution in [0.25, 0.3) is 6.08 Å². The average molecular weight is 394 g/mol. The Kier molecular flexibility index (Phi) is 8.03. The summed E-state index contributed by atoms with van der Waals surface area (Å²) in [6, 6.07) is 20.8. The summed E-state index contributed by atoms with van der Waals surface area (Å²) in [5.74, 6) is 0.509. The normalized spacial score (nSPS) is 21.6. The topological polar surface area (TPSA) is 38.0 Å². The van der Waals surface area contributed by atoms with Gasteiger partial charge in [0.2, 0.25) is 0 Å². The summed E-state index contributed by atoms with van der Waals surface area (Å²) in [6.45, 7) is 10.3. The van der Waals surface area contributed by atoms with Crippen LogP contribution in [0.15, 0.2) is 66.7 Å². The first-order valence-electron chi connectivity index (χ1n) is 10.9. The number of carbonyl (C=O) groups excluding carboxylic acids is 1. The molecule has 29 heavy (non-hydrogen) atoms. The van der Waals surface area contributed by atoms with E-state index in [0.717, 1.165) is 32.7 Å². The third kappa shape index (κ3) is 6.55. The predicted molar refractivity (Wildman–Crippen MR) is 119 cm³/mol. The molecule has 3 rings (SSSR count). The van der Waals surface area contributed by atoms with E-state index in [4.69, 9.17) is 0 Å². The summed E-state index contributed by atoms with van der Waals surface area (Å²) in [5, 5.41) is 3.16. The van der Waals surface area contributed by atoms with Crippen LogP contribution in [0.1, 0.15) is 30.9 Å². The van der Waals surface area contributed by atoms with Crippen molar-refractivity contribution in [3.63, 3.8) is 0 Å². The molecule has 0 aromatic heterocycles. The zero-order valence-corrected chi connectivity index (χ0v) is 17.7. The minimum atomic E-state index is 0.0133. The third-order valence-corrected chi connectivity index (χ3v) is 6.07. The summed E-state index contributed by atoms with van der Waals surface area (Å²) in [4.78, 5) is 15.6. The number of amides is 1. The van der Waals surface area contributed by atoms with Crippen molar-refractivity contribution in [2.24, 2.45) is 0 Å². The molecule has 4 heteroatoms. The molecule has 0 spiro atoms. The average Bonchev–Trinajstić information content (AvgIpc) is 2.78. The van der Waals surface area contributed by atoms with E-state index in [1.807, 2.05) is 12.1 Å². The SMILES string of the molecule is C[C@@H](CNC(=O)[C@H](C)[NH+]1CC[NH+](C/C=C/c2ccccc2)CC1)c1ccccc1. The fourth-order valence-electron chi connectivity index (χ4n) is 3.98. The maximum atomic E-state index is 12.6. The van der Waals surface area contributed by atoms with Crippen LogP contribution in [0.5, 0.6) is 0 Å². The number of benzene rings is 2. The monoisotopic (exact) mass is 393 g/mol. The van der Waals surface area contributed by atoms with Crippen molar-refractivity contribution in [1.82, 2.24) is 5.32 Å². The van der Waals surface area contributed by atoms with Crippen LogP contribution in [0.2, 0.25) is 0 Å². The Hall–Kier alpha value is -2.43. The third-order valence-electron chi connectivity index (χ3n) is 6.07. The maximum Gasteiger partial charge on any atom is 0.278 e. The fourth-order valence-corrected chi connectivity index (χ4v) is 3.98. The molecule has 0 saturated carbocycles. The van der Waals surface area contributed by atoms with E-state index in [0.29, 0.717) is 12.5 Å². The number of hydrogen-bond acceptors (Lipinski definition) is 1. The van der Waals surface area contributed by atoms with Gasteiger partial charge in [0.25, 0.3) is 5.91 Å². The number of quaternary nitrogens is 2. The quantitative estimate of drug-likeness (QED) is 0.610. The Morgan fingerprint density at radius 3 is 2.24 bits per heavy atom. The predicted octanol–water partition coefficient (Wildman–Crippen LogP) is 0.792. The Morgan fingerprint density at radius 1 is 0.966 bits per heavy atom. The molecule has 0 aliphatic carbocycles. The van der Waals surface area contributed by atoms with E-state index < -0.39 is 0 Å². The van der Waals surface area contributed by atoms with Gasteiger partial charge in [-0.05, 0) is 30.0 Å². The molecule has 0 unspecified atom stereocenters. The highest BCUT2D eigenvalue weighted by Gasteiger charge is 2.30. The molecule has 3 N–H and O–H groups in total. The highest BCUT2D eigenvalue weighted by atomic mass is 16.2. The van der Waals surface area contributed by atoms with Gasteiger partial charge in [0.05, 0.1) is 6.54 Å². The van der Waals surface area contributed by atoms with Crippen LogP contribution >= 0.6 is 0 Å². The molecule has 1 amide bonds. The summed E-state index contributed by atoms with van der Waals surface area (Å²) in [5.41, 5.74) is 2.53. The van der Waals surface area contributed by atoms with Gasteiger partial charge in [-0.3, -0.25) is 4.79 Å². The van der Waals surface area contributed by atoms with Crippen LogP contribution in [0, 0.1) is 0 Å². The summed E-state index contributed by atoms with van der Waals surface area (Å²) >= 11 is 0. The molecule has 0 radical (unpaired) electrons. The molecule has 2 aromatic carbocycles. The van der Waals surface area contributed by atoms with Crippen LogP contribution in [0.3, 0.4) is 0 Å². The lowest BCUT2D eigenvalue weighted by Gasteiger charge is -2.32. The van der Waals surface area contributed by atoms with E-state index in [9.17, 15) is 4.79 Å². The minimum Gasteiger partial charge on any atom is -0.350 e. The lowest BCUT2D eigenvalue weighted by atomic mass is 10.0. The van der Waals surface area contributed by atoms with E-state index in [-0.39, 0.29) is 11.9 Å². The summed E-state index contributed by atoms with van der Waals surface area (Å²) in [7, 11) is 0. The number of hydrogen-bond donors (Lipinski definition) is 3. The van der Waals surface area contributed by atoms with Crippen LogP contribution in [0.4, 0.5) is 0 Å². The zero-order chi connectivity index (χ0) is 20.5. The highest BCUT2D eigenvalue weighted by molar-refractivity contribution is 5.79. The van der Waals surface area contributed by atoms with Gasteiger partial charge in [-0.1, -0.05) is 73.7 Å². The second-order valence-corrected chi connectivity index (χ2v) is 8.20. The zero-order valence-electron chi connectivity index (χ0n) is 17.7. The number of nitrogens with one attached hydrogen (secondary N) is 3. The molecule has 2 atom stereocenters. The second kappa shape index (κ2) is 10.9. The van der Waals surface area contributed by atoms with Crippen LogP contribution < -0.4 is 15.1 Å². The number of rotatable bonds is 8. The van der Waals surface area contributed by atoms with E-state index in [2.05, 4.69) is 79.8 Å². The molecule has 1 aliphatic heterocycles. The molecule has 1 aliphatic rings. The lowest BCUT2D eigenvalue weighted by Crippen LogP contribution is -3.30. The Morgan fingerprint density at radius 2 is 1.59 bits per heavy atom. The van der Waals surface area contributed by atoms with Gasteiger partial charge in [-0.25, -0.2) is 0 Å². The van der Waals surface area contributed by atoms with Gasteiger partial charge in [0.15, 0.2) is 6.04 Å². The largest absolute Gasteiger partial charge is 0.350 e. The van der Waals surface area contributed by atoms with Gasteiger partial charge in [0, 0.05) is 6.54 Å². The molecular weight excluding hydrogens is 358 g/mol. The van der Waals surface area contributed by atoms with E-state index >= 15 is 0 Å². The number of carbonyl (C=O) groups is 1. The van der Waals surface area contributed by atoms with Crippen molar-refractivity contribution in [1.29, 1.82) is 0 Å². The molecule has 1 fully saturated rings. The van der Waals surface area contributed by atoms with Crippen molar-refractivity contribution in [3.8, 4) is 0 Å². The van der Waals surface area contributed by atoms with Crippen molar-refractivity contribution in [2.45, 2.75) is 25.8 Å². The Bertz CT molecular complexity index is 767. The molecule has 1 saturated heterocycles. The van der Waals surface area contributed by atoms with Crippen molar-refractivity contribution >= 4 is 12.0 Å². The van der Waals surface area contributed by atoms with Crippen molar-refractivity contribution < 1.29 is 14.6 Å². The van der Waals surface area contributed by atoms with Gasteiger partial charge in [-0.15, -0.1) is 0 Å². The first kappa shape index (κ1) is 21.3. The first-order valence-corrected chi connectivity index (χ1v) is 10.9. The fraction of sp³-hybridized carbons (Fsp3) is 0.400. The molecule has 0 bridgehead atoms. The van der Waals surface area contributed by atoms with E-state index in [1.54, 1.807) is 4.90 Å². The highest BCUT2D eigenvalue weighted by Crippen LogP contribution is 2.12. The smallest absolute Gasteiger partial charge is 0.278 e. The molecule has 1 heterocycles. The standard InChI is InChI=1S/C25H33N3O/c1-21(24-13-7-4-8-14-24)20-26-25(29)22(2)28-18-16-27(17-19-28)15-9-12-23-10-5-3-6-11-23/h3-14,21-22H,15-20H2,1-2H3,(H,26,29)/p+2/b12-9+/t21-,22-/m0/s1. The Labute approximate surface area is 175 Å². The Balaban J connectivity index is 1.38. The maximum absolute atomic E-state index is 12.6. The van der Waals surface area contributed by atoms with Crippen molar-refractivity contribution in [3.05, 3.63) is 77.9 Å². The molecule has 154 valence electrons. The summed E-state index contributed by atoms with van der Waals surface area (Å²) < 4.78 is 0. The van der Waals surface area contributed by atoms with E-state index in [1.165, 1.54) is 16.0 Å². The van der Waals surface area contributed by atoms with Gasteiger partial charge < -0.3 is 15.1 Å². The van der Waals surface area contributed by atoms with Gasteiger partial charge >= 0.3 is 0 Å². The summed E-state index contributed by atoms with van der Waals surface area (Å²) in [6.07, 6.45) is 4.48. The molecule has 4 nitrogen and oxygen atoms in total. The lowest BCUT2D eigenvalue weighted by molar-refractivity contribution is -1.02. The molecular formula is C25H35N3O+2. The second-order valence-electron chi connectivity index (χ2n) is 8.20. The minimum absolute atomic E-state index is 0.0133. The molecule has 2 aromatic rings. The van der Waals surface area contributed by atoms with Crippen LogP contribution in [-0.4, -0.2) is 51.2 Å².